The quantitative estimate of drug-likeness (QED) is 0.836. The van der Waals surface area contributed by atoms with Crippen LogP contribution in [0.1, 0.15) is 23.7 Å². The number of benzene rings is 1. The third kappa shape index (κ3) is 3.55. The van der Waals surface area contributed by atoms with Crippen LogP contribution in [-0.2, 0) is 0 Å². The molecule has 4 nitrogen and oxygen atoms in total. The number of Topliss-reactive ketones (excluding diaryl/α,β-unsaturated/α-hetero) is 1. The van der Waals surface area contributed by atoms with Gasteiger partial charge in [0.15, 0.2) is 5.78 Å². The smallest absolute Gasteiger partial charge is 0.179 e. The summed E-state index contributed by atoms with van der Waals surface area (Å²) >= 11 is 0. The van der Waals surface area contributed by atoms with Gasteiger partial charge >= 0.3 is 0 Å². The molecule has 0 radical (unpaired) electrons. The number of carbonyl (C=O) groups is 1. The van der Waals surface area contributed by atoms with Gasteiger partial charge in [0.25, 0.3) is 0 Å². The van der Waals surface area contributed by atoms with Gasteiger partial charge in [-0.2, -0.15) is 0 Å². The Morgan fingerprint density at radius 2 is 2.00 bits per heavy atom. The van der Waals surface area contributed by atoms with Crippen LogP contribution in [0.3, 0.4) is 0 Å². The highest BCUT2D eigenvalue weighted by molar-refractivity contribution is 5.99. The summed E-state index contributed by atoms with van der Waals surface area (Å²) in [5, 5.41) is 3.36. The van der Waals surface area contributed by atoms with Crippen molar-refractivity contribution in [2.45, 2.75) is 19.4 Å². The second-order valence-electron chi connectivity index (χ2n) is 4.91. The number of carbonyl (C=O) groups excluding carboxylic acids is 1. The maximum absolute atomic E-state index is 12.5. The van der Waals surface area contributed by atoms with E-state index in [1.165, 1.54) is 0 Å². The molecule has 1 N–H and O–H groups in total. The molecule has 2 rings (SSSR count). The molecule has 19 heavy (non-hydrogen) atoms. The average Bonchev–Trinajstić information content (AvgIpc) is 2.75. The van der Waals surface area contributed by atoms with Crippen LogP contribution in [0.15, 0.2) is 24.3 Å². The van der Waals surface area contributed by atoms with Gasteiger partial charge in [0.1, 0.15) is 5.75 Å². The maximum Gasteiger partial charge on any atom is 0.179 e. The number of rotatable bonds is 4. The first-order chi connectivity index (χ1) is 9.22. The fourth-order valence-corrected chi connectivity index (χ4v) is 2.42. The zero-order chi connectivity index (χ0) is 13.7. The lowest BCUT2D eigenvalue weighted by atomic mass is 10.0. The monoisotopic (exact) mass is 262 g/mol. The number of methoxy groups -OCH3 is 1. The van der Waals surface area contributed by atoms with Crippen molar-refractivity contribution in [3.63, 3.8) is 0 Å². The van der Waals surface area contributed by atoms with Gasteiger partial charge in [-0.05, 0) is 44.2 Å². The van der Waals surface area contributed by atoms with Crippen LogP contribution in [0.5, 0.6) is 5.75 Å². The molecule has 1 unspecified atom stereocenters. The molecule has 104 valence electrons. The summed E-state index contributed by atoms with van der Waals surface area (Å²) in [6.45, 7) is 5.91. The SMILES string of the molecule is COc1ccc(C(=O)C(C)N2CCCNCC2)cc1. The zero-order valence-electron chi connectivity index (χ0n) is 11.7. The second kappa shape index (κ2) is 6.68. The molecule has 0 saturated carbocycles. The van der Waals surface area contributed by atoms with E-state index in [4.69, 9.17) is 4.74 Å². The minimum Gasteiger partial charge on any atom is -0.497 e. The molecule has 1 saturated heterocycles. The molecule has 0 aliphatic carbocycles. The van der Waals surface area contributed by atoms with Gasteiger partial charge in [-0.25, -0.2) is 0 Å². The highest BCUT2D eigenvalue weighted by Crippen LogP contribution is 2.15. The van der Waals surface area contributed by atoms with Gasteiger partial charge < -0.3 is 10.1 Å². The van der Waals surface area contributed by atoms with Crippen molar-refractivity contribution in [3.05, 3.63) is 29.8 Å². The average molecular weight is 262 g/mol. The van der Waals surface area contributed by atoms with Crippen molar-refractivity contribution >= 4 is 5.78 Å². The zero-order valence-corrected chi connectivity index (χ0v) is 11.7. The normalized spacial score (nSPS) is 18.6. The summed E-state index contributed by atoms with van der Waals surface area (Å²) in [6, 6.07) is 7.29. The summed E-state index contributed by atoms with van der Waals surface area (Å²) in [5.74, 6) is 0.965. The first-order valence-corrected chi connectivity index (χ1v) is 6.85. The molecule has 4 heteroatoms. The van der Waals surface area contributed by atoms with E-state index in [0.717, 1.165) is 43.9 Å². The van der Waals surface area contributed by atoms with Gasteiger partial charge in [0, 0.05) is 25.2 Å². The minimum absolute atomic E-state index is 0.0618. The van der Waals surface area contributed by atoms with Gasteiger partial charge in [-0.15, -0.1) is 0 Å². The molecule has 1 aliphatic heterocycles. The van der Waals surface area contributed by atoms with Gasteiger partial charge in [-0.1, -0.05) is 0 Å². The fraction of sp³-hybridized carbons (Fsp3) is 0.533. The first-order valence-electron chi connectivity index (χ1n) is 6.85. The van der Waals surface area contributed by atoms with Crippen LogP contribution < -0.4 is 10.1 Å². The van der Waals surface area contributed by atoms with Crippen molar-refractivity contribution in [3.8, 4) is 5.75 Å². The van der Waals surface area contributed by atoms with E-state index >= 15 is 0 Å². The molecule has 1 aromatic rings. The van der Waals surface area contributed by atoms with Gasteiger partial charge in [0.05, 0.1) is 13.2 Å². The molecule has 0 bridgehead atoms. The Morgan fingerprint density at radius 1 is 1.26 bits per heavy atom. The first kappa shape index (κ1) is 14.0. The Labute approximate surface area is 114 Å². The Balaban J connectivity index is 2.04. The van der Waals surface area contributed by atoms with Crippen molar-refractivity contribution in [1.82, 2.24) is 10.2 Å². The number of ether oxygens (including phenoxy) is 1. The van der Waals surface area contributed by atoms with Crippen molar-refractivity contribution in [1.29, 1.82) is 0 Å². The maximum atomic E-state index is 12.5. The fourth-order valence-electron chi connectivity index (χ4n) is 2.42. The Kier molecular flexibility index (Phi) is 4.93. The molecule has 1 atom stereocenters. The number of nitrogens with one attached hydrogen (secondary N) is 1. The van der Waals surface area contributed by atoms with Crippen molar-refractivity contribution in [2.75, 3.05) is 33.3 Å². The lowest BCUT2D eigenvalue weighted by Gasteiger charge is -2.26. The highest BCUT2D eigenvalue weighted by atomic mass is 16.5. The van der Waals surface area contributed by atoms with Crippen LogP contribution in [0.2, 0.25) is 0 Å². The lowest BCUT2D eigenvalue weighted by molar-refractivity contribution is 0.0846. The number of nitrogens with zero attached hydrogens (tertiary/aromatic N) is 1. The Hall–Kier alpha value is -1.39. The van der Waals surface area contributed by atoms with Crippen LogP contribution >= 0.6 is 0 Å². The highest BCUT2D eigenvalue weighted by Gasteiger charge is 2.22. The van der Waals surface area contributed by atoms with E-state index in [0.29, 0.717) is 0 Å². The molecule has 0 amide bonds. The largest absolute Gasteiger partial charge is 0.497 e. The van der Waals surface area contributed by atoms with Crippen molar-refractivity contribution < 1.29 is 9.53 Å². The van der Waals surface area contributed by atoms with E-state index in [1.807, 2.05) is 31.2 Å². The topological polar surface area (TPSA) is 41.6 Å². The third-order valence-corrected chi connectivity index (χ3v) is 3.68. The van der Waals surface area contributed by atoms with E-state index in [9.17, 15) is 4.79 Å². The summed E-state index contributed by atoms with van der Waals surface area (Å²) in [5.41, 5.74) is 0.755. The minimum atomic E-state index is -0.0618. The van der Waals surface area contributed by atoms with E-state index in [2.05, 4.69) is 10.2 Å². The van der Waals surface area contributed by atoms with E-state index in [-0.39, 0.29) is 11.8 Å². The summed E-state index contributed by atoms with van der Waals surface area (Å²) in [4.78, 5) is 14.7. The summed E-state index contributed by atoms with van der Waals surface area (Å²) in [6.07, 6.45) is 1.10. The molecule has 1 fully saturated rings. The number of hydrogen-bond acceptors (Lipinski definition) is 4. The Morgan fingerprint density at radius 3 is 2.68 bits per heavy atom. The Bertz CT molecular complexity index is 409. The molecule has 1 heterocycles. The third-order valence-electron chi connectivity index (χ3n) is 3.68. The van der Waals surface area contributed by atoms with Crippen molar-refractivity contribution in [2.24, 2.45) is 0 Å². The number of hydrogen-bond donors (Lipinski definition) is 1. The number of ketones is 1. The van der Waals surface area contributed by atoms with E-state index in [1.54, 1.807) is 7.11 Å². The standard InChI is InChI=1S/C15H22N2O2/c1-12(17-10-3-8-16-9-11-17)15(18)13-4-6-14(19-2)7-5-13/h4-7,12,16H,3,8-11H2,1-2H3. The molecule has 1 aliphatic rings. The molecular formula is C15H22N2O2. The van der Waals surface area contributed by atoms with Gasteiger partial charge in [-0.3, -0.25) is 9.69 Å². The van der Waals surface area contributed by atoms with Crippen LogP contribution in [0.25, 0.3) is 0 Å². The van der Waals surface area contributed by atoms with Crippen LogP contribution in [0, 0.1) is 0 Å². The lowest BCUT2D eigenvalue weighted by Crippen LogP contribution is -2.41. The molecule has 0 spiro atoms. The summed E-state index contributed by atoms with van der Waals surface area (Å²) in [7, 11) is 1.63. The predicted molar refractivity (Wildman–Crippen MR) is 75.8 cm³/mol. The van der Waals surface area contributed by atoms with Crippen LogP contribution in [0.4, 0.5) is 0 Å². The predicted octanol–water partition coefficient (Wildman–Crippen LogP) is 1.56. The molecule has 1 aromatic carbocycles. The summed E-state index contributed by atoms with van der Waals surface area (Å²) < 4.78 is 5.11. The van der Waals surface area contributed by atoms with E-state index < -0.39 is 0 Å². The van der Waals surface area contributed by atoms with Crippen LogP contribution in [-0.4, -0.2) is 50.0 Å². The second-order valence-corrected chi connectivity index (χ2v) is 4.91. The molecular weight excluding hydrogens is 240 g/mol. The van der Waals surface area contributed by atoms with Gasteiger partial charge in [0.2, 0.25) is 0 Å². The molecule has 0 aromatic heterocycles.